The van der Waals surface area contributed by atoms with E-state index in [9.17, 15) is 9.59 Å². The standard InChI is InChI=1S/C20H16N6OS.C19H14N6OS.CH4O/c1-24-11-21-15-5-2-12(10-14(15)19(24)27)18-17(22-20-25(18)8-9-28-20)16-6-7-26(23-16)13-3-4-13;26-18-13-9-11(1-4-14(13)20-10-21-18)17-16(22-19-24(17)7-8-27-19)15-5-6-25(23-15)12-2-3-12;1-2/h2,5-11,13H,3-4H2,1H3;1,4-10,12H,2-3H2,(H,20,21,26);2H,1H3. The second kappa shape index (κ2) is 13.9. The van der Waals surface area contributed by atoms with Crippen molar-refractivity contribution in [2.75, 3.05) is 7.11 Å². The molecule has 0 spiro atoms. The third-order valence-electron chi connectivity index (χ3n) is 10.2. The Morgan fingerprint density at radius 3 is 1.75 bits per heavy atom. The van der Waals surface area contributed by atoms with Crippen molar-refractivity contribution in [3.63, 3.8) is 0 Å². The zero-order chi connectivity index (χ0) is 38.8. The van der Waals surface area contributed by atoms with E-state index in [1.807, 2.05) is 93.4 Å². The Hall–Kier alpha value is -6.56. The van der Waals surface area contributed by atoms with Crippen LogP contribution in [0.15, 0.2) is 106 Å². The number of nitrogens with zero attached hydrogens (tertiary/aromatic N) is 11. The van der Waals surface area contributed by atoms with E-state index in [-0.39, 0.29) is 11.1 Å². The SMILES string of the molecule is CO.Cn1cnc2ccc(-c3c(-c4ccn(C5CC5)n4)nc4sccn34)cc2c1=O.O=c1[nH]cnc2ccc(-c3c(-c4ccn(C5CC5)n4)nc4sccn34)cc12. The number of fused-ring (bicyclic) bond motifs is 4. The highest BCUT2D eigenvalue weighted by atomic mass is 32.1. The molecule has 2 aliphatic carbocycles. The fourth-order valence-corrected chi connectivity index (χ4v) is 8.50. The summed E-state index contributed by atoms with van der Waals surface area (Å²) in [5.74, 6) is 0. The Labute approximate surface area is 330 Å². The number of H-pyrrole nitrogens is 1. The number of aromatic nitrogens is 12. The quantitative estimate of drug-likeness (QED) is 0.188. The maximum absolute atomic E-state index is 12.6. The van der Waals surface area contributed by atoms with E-state index >= 15 is 0 Å². The first-order chi connectivity index (χ1) is 28.0. The summed E-state index contributed by atoms with van der Waals surface area (Å²) < 4.78 is 9.69. The third kappa shape index (κ3) is 6.16. The van der Waals surface area contributed by atoms with Crippen LogP contribution >= 0.6 is 22.7 Å². The molecule has 2 aromatic carbocycles. The molecule has 10 aromatic rings. The van der Waals surface area contributed by atoms with Gasteiger partial charge in [-0.15, -0.1) is 22.7 Å². The molecule has 15 nitrogen and oxygen atoms in total. The van der Waals surface area contributed by atoms with Gasteiger partial charge in [0.15, 0.2) is 9.92 Å². The first-order valence-electron chi connectivity index (χ1n) is 18.4. The maximum atomic E-state index is 12.6. The number of aliphatic hydroxyl groups excluding tert-OH is 1. The van der Waals surface area contributed by atoms with Crippen LogP contribution in [0.1, 0.15) is 37.8 Å². The van der Waals surface area contributed by atoms with E-state index in [4.69, 9.17) is 25.3 Å². The molecule has 8 heterocycles. The molecule has 0 atom stereocenters. The molecule has 0 radical (unpaired) electrons. The van der Waals surface area contributed by atoms with E-state index in [0.717, 1.165) is 62.3 Å². The Morgan fingerprint density at radius 1 is 0.684 bits per heavy atom. The van der Waals surface area contributed by atoms with E-state index in [1.165, 1.54) is 36.6 Å². The van der Waals surface area contributed by atoms with Crippen LogP contribution in [0.25, 0.3) is 77.0 Å². The van der Waals surface area contributed by atoms with Crippen molar-refractivity contribution in [2.45, 2.75) is 37.8 Å². The number of aliphatic hydroxyl groups is 1. The van der Waals surface area contributed by atoms with Crippen LogP contribution in [0.2, 0.25) is 0 Å². The first kappa shape index (κ1) is 34.9. The predicted molar refractivity (Wildman–Crippen MR) is 221 cm³/mol. The molecule has 0 bridgehead atoms. The maximum Gasteiger partial charge on any atom is 0.260 e. The lowest BCUT2D eigenvalue weighted by molar-refractivity contribution is 0.399. The van der Waals surface area contributed by atoms with Gasteiger partial charge in [0.1, 0.15) is 22.8 Å². The van der Waals surface area contributed by atoms with Gasteiger partial charge in [-0.2, -0.15) is 10.2 Å². The van der Waals surface area contributed by atoms with E-state index in [1.54, 1.807) is 36.0 Å². The van der Waals surface area contributed by atoms with Crippen molar-refractivity contribution in [2.24, 2.45) is 7.05 Å². The minimum Gasteiger partial charge on any atom is -0.400 e. The fourth-order valence-electron chi connectivity index (χ4n) is 7.07. The molecule has 2 aliphatic rings. The van der Waals surface area contributed by atoms with Gasteiger partial charge in [-0.1, -0.05) is 12.1 Å². The monoisotopic (exact) mass is 794 g/mol. The molecular weight excluding hydrogens is 761 g/mol. The van der Waals surface area contributed by atoms with Crippen molar-refractivity contribution in [3.05, 3.63) is 117 Å². The van der Waals surface area contributed by atoms with Crippen molar-refractivity contribution < 1.29 is 5.11 Å². The Kier molecular flexibility index (Phi) is 8.49. The lowest BCUT2D eigenvalue weighted by atomic mass is 10.1. The van der Waals surface area contributed by atoms with Crippen LogP contribution in [-0.4, -0.2) is 70.1 Å². The number of rotatable bonds is 6. The number of imidazole rings is 2. The van der Waals surface area contributed by atoms with Crippen molar-refractivity contribution in [3.8, 4) is 45.3 Å². The average molecular weight is 795 g/mol. The van der Waals surface area contributed by atoms with Crippen molar-refractivity contribution >= 4 is 54.4 Å². The summed E-state index contributed by atoms with van der Waals surface area (Å²) in [7, 11) is 2.72. The number of thiazole rings is 2. The zero-order valence-corrected chi connectivity index (χ0v) is 32.4. The second-order valence-electron chi connectivity index (χ2n) is 13.9. The van der Waals surface area contributed by atoms with E-state index in [2.05, 4.69) is 23.8 Å². The number of nitrogens with one attached hydrogen (secondary N) is 1. The molecule has 17 heteroatoms. The van der Waals surface area contributed by atoms with Gasteiger partial charge in [0.25, 0.3) is 11.1 Å². The van der Waals surface area contributed by atoms with Gasteiger partial charge >= 0.3 is 0 Å². The predicted octanol–water partition coefficient (Wildman–Crippen LogP) is 6.61. The number of hydrogen-bond acceptors (Lipinski definition) is 11. The zero-order valence-electron chi connectivity index (χ0n) is 30.7. The van der Waals surface area contributed by atoms with Gasteiger partial charge in [-0.05, 0) is 62.1 Å². The van der Waals surface area contributed by atoms with Gasteiger partial charge < -0.3 is 14.7 Å². The van der Waals surface area contributed by atoms with Crippen LogP contribution in [0, 0.1) is 0 Å². The Bertz CT molecular complexity index is 3220. The average Bonchev–Trinajstić information content (AvgIpc) is 3.79. The smallest absolute Gasteiger partial charge is 0.260 e. The highest BCUT2D eigenvalue weighted by Crippen LogP contribution is 2.39. The Balaban J connectivity index is 0.000000133. The van der Waals surface area contributed by atoms with Crippen LogP contribution in [0.3, 0.4) is 0 Å². The highest BCUT2D eigenvalue weighted by Gasteiger charge is 2.27. The van der Waals surface area contributed by atoms with Crippen LogP contribution in [0.4, 0.5) is 0 Å². The minimum absolute atomic E-state index is 0.0579. The topological polar surface area (TPSA) is 171 Å². The highest BCUT2D eigenvalue weighted by molar-refractivity contribution is 7.15. The lowest BCUT2D eigenvalue weighted by Gasteiger charge is -2.06. The molecular formula is C40H34N12O3S2. The summed E-state index contributed by atoms with van der Waals surface area (Å²) in [6.45, 7) is 0. The second-order valence-corrected chi connectivity index (χ2v) is 15.7. The summed E-state index contributed by atoms with van der Waals surface area (Å²) in [6, 6.07) is 16.6. The van der Waals surface area contributed by atoms with Gasteiger partial charge in [0, 0.05) is 60.8 Å². The number of hydrogen-bond donors (Lipinski definition) is 2. The van der Waals surface area contributed by atoms with Crippen LogP contribution < -0.4 is 11.1 Å². The third-order valence-corrected chi connectivity index (χ3v) is 11.7. The number of benzene rings is 2. The Morgan fingerprint density at radius 2 is 1.21 bits per heavy atom. The summed E-state index contributed by atoms with van der Waals surface area (Å²) in [5.41, 5.74) is 8.29. The molecule has 57 heavy (non-hydrogen) atoms. The van der Waals surface area contributed by atoms with Gasteiger partial charge in [0.2, 0.25) is 0 Å². The summed E-state index contributed by atoms with van der Waals surface area (Å²) in [4.78, 5) is 47.5. The number of aryl methyl sites for hydroxylation is 1. The van der Waals surface area contributed by atoms with E-state index < -0.39 is 0 Å². The van der Waals surface area contributed by atoms with Gasteiger partial charge in [-0.3, -0.25) is 27.8 Å². The van der Waals surface area contributed by atoms with Crippen molar-refractivity contribution in [1.82, 2.24) is 57.8 Å². The molecule has 12 rings (SSSR count). The molecule has 8 aromatic heterocycles. The molecule has 2 saturated carbocycles. The molecule has 284 valence electrons. The van der Waals surface area contributed by atoms with E-state index in [0.29, 0.717) is 33.9 Å². The molecule has 2 N–H and O–H groups in total. The molecule has 2 fully saturated rings. The van der Waals surface area contributed by atoms with Crippen molar-refractivity contribution in [1.29, 1.82) is 0 Å². The summed E-state index contributed by atoms with van der Waals surface area (Å²) in [6.07, 6.45) is 15.8. The normalized spacial score (nSPS) is 13.9. The molecule has 0 amide bonds. The number of aromatic amines is 1. The van der Waals surface area contributed by atoms with Gasteiger partial charge in [-0.25, -0.2) is 19.9 Å². The van der Waals surface area contributed by atoms with Crippen LogP contribution in [0.5, 0.6) is 0 Å². The molecule has 0 unspecified atom stereocenters. The minimum atomic E-state index is -0.146. The fraction of sp³-hybridized carbons (Fsp3) is 0.200. The summed E-state index contributed by atoms with van der Waals surface area (Å²) in [5, 5.41) is 21.7. The molecule has 0 aliphatic heterocycles. The largest absolute Gasteiger partial charge is 0.400 e. The van der Waals surface area contributed by atoms with Gasteiger partial charge in [0.05, 0.1) is 57.9 Å². The lowest BCUT2D eigenvalue weighted by Crippen LogP contribution is -2.16. The molecule has 0 saturated heterocycles. The first-order valence-corrected chi connectivity index (χ1v) is 20.1. The summed E-state index contributed by atoms with van der Waals surface area (Å²) >= 11 is 3.17. The van der Waals surface area contributed by atoms with Crippen LogP contribution in [-0.2, 0) is 7.05 Å².